The SMILES string of the molecule is C=CCc1cccc(C=NNC(=O)c2ccc(Br)o2)c1O. The normalized spacial score (nSPS) is 10.7. The standard InChI is InChI=1S/C15H13BrN2O3/c1-2-4-10-5-3-6-11(14(10)19)9-17-18-15(20)12-7-8-13(16)21-12/h2-3,5-9,19H,1,4H2,(H,18,20). The van der Waals surface area contributed by atoms with Crippen molar-refractivity contribution in [3.05, 3.63) is 64.5 Å². The number of hydrazone groups is 1. The van der Waals surface area contributed by atoms with Crippen molar-refractivity contribution in [3.8, 4) is 5.75 Å². The minimum absolute atomic E-state index is 0.121. The second kappa shape index (κ2) is 6.90. The molecule has 0 unspecified atom stereocenters. The molecule has 0 spiro atoms. The van der Waals surface area contributed by atoms with E-state index in [9.17, 15) is 9.90 Å². The van der Waals surface area contributed by atoms with Crippen LogP contribution in [0.3, 0.4) is 0 Å². The maximum Gasteiger partial charge on any atom is 0.307 e. The van der Waals surface area contributed by atoms with Crippen LogP contribution in [0.15, 0.2) is 57.2 Å². The van der Waals surface area contributed by atoms with E-state index in [4.69, 9.17) is 4.42 Å². The molecule has 6 heteroatoms. The number of carbonyl (C=O) groups is 1. The van der Waals surface area contributed by atoms with Crippen LogP contribution in [-0.4, -0.2) is 17.2 Å². The van der Waals surface area contributed by atoms with E-state index in [1.54, 1.807) is 30.3 Å². The van der Waals surface area contributed by atoms with Gasteiger partial charge in [-0.05, 0) is 46.1 Å². The molecule has 2 rings (SSSR count). The maximum atomic E-state index is 11.7. The summed E-state index contributed by atoms with van der Waals surface area (Å²) in [6.07, 6.45) is 3.63. The molecule has 0 fully saturated rings. The molecule has 1 aromatic carbocycles. The lowest BCUT2D eigenvalue weighted by Crippen LogP contribution is -2.16. The largest absolute Gasteiger partial charge is 0.507 e. The number of carbonyl (C=O) groups excluding carboxylic acids is 1. The van der Waals surface area contributed by atoms with E-state index in [0.717, 1.165) is 5.56 Å². The van der Waals surface area contributed by atoms with Gasteiger partial charge in [0.2, 0.25) is 0 Å². The van der Waals surface area contributed by atoms with Gasteiger partial charge in [0, 0.05) is 5.56 Å². The summed E-state index contributed by atoms with van der Waals surface area (Å²) in [5.74, 6) is -0.210. The van der Waals surface area contributed by atoms with E-state index in [1.807, 2.05) is 0 Å². The van der Waals surface area contributed by atoms with Crippen molar-refractivity contribution in [1.29, 1.82) is 0 Å². The number of allylic oxidation sites excluding steroid dienone is 1. The third kappa shape index (κ3) is 3.82. The van der Waals surface area contributed by atoms with Crippen molar-refractivity contribution in [2.75, 3.05) is 0 Å². The first kappa shape index (κ1) is 15.1. The Bertz CT molecular complexity index is 692. The molecular weight excluding hydrogens is 336 g/mol. The van der Waals surface area contributed by atoms with Gasteiger partial charge in [-0.15, -0.1) is 6.58 Å². The first-order valence-corrected chi connectivity index (χ1v) is 6.91. The van der Waals surface area contributed by atoms with Crippen LogP contribution in [0.2, 0.25) is 0 Å². The lowest BCUT2D eigenvalue weighted by atomic mass is 10.1. The topological polar surface area (TPSA) is 74.8 Å². The average molecular weight is 349 g/mol. The van der Waals surface area contributed by atoms with Gasteiger partial charge in [0.05, 0.1) is 6.21 Å². The van der Waals surface area contributed by atoms with Gasteiger partial charge in [0.1, 0.15) is 5.75 Å². The summed E-state index contributed by atoms with van der Waals surface area (Å²) in [7, 11) is 0. The van der Waals surface area contributed by atoms with Gasteiger partial charge in [-0.2, -0.15) is 5.10 Å². The number of hydrogen-bond donors (Lipinski definition) is 2. The van der Waals surface area contributed by atoms with Gasteiger partial charge in [0.15, 0.2) is 10.4 Å². The Morgan fingerprint density at radius 1 is 1.43 bits per heavy atom. The molecule has 0 aliphatic rings. The minimum atomic E-state index is -0.473. The zero-order valence-electron chi connectivity index (χ0n) is 11.0. The summed E-state index contributed by atoms with van der Waals surface area (Å²) in [4.78, 5) is 11.7. The van der Waals surface area contributed by atoms with Crippen LogP contribution in [0.1, 0.15) is 21.7 Å². The molecule has 0 aliphatic carbocycles. The predicted molar refractivity (Wildman–Crippen MR) is 83.5 cm³/mol. The summed E-state index contributed by atoms with van der Waals surface area (Å²) in [5, 5.41) is 13.8. The zero-order chi connectivity index (χ0) is 15.2. The van der Waals surface area contributed by atoms with Crippen LogP contribution in [0, 0.1) is 0 Å². The van der Waals surface area contributed by atoms with Crippen molar-refractivity contribution in [3.63, 3.8) is 0 Å². The van der Waals surface area contributed by atoms with E-state index in [2.05, 4.69) is 33.0 Å². The van der Waals surface area contributed by atoms with Crippen LogP contribution in [-0.2, 0) is 6.42 Å². The molecule has 1 heterocycles. The highest BCUT2D eigenvalue weighted by Crippen LogP contribution is 2.21. The van der Waals surface area contributed by atoms with Gasteiger partial charge in [-0.1, -0.05) is 18.2 Å². The minimum Gasteiger partial charge on any atom is -0.507 e. The summed E-state index contributed by atoms with van der Waals surface area (Å²) < 4.78 is 5.56. The Kier molecular flexibility index (Phi) is 4.94. The molecule has 1 amide bonds. The molecule has 2 aromatic rings. The average Bonchev–Trinajstić information content (AvgIpc) is 2.89. The Labute approximate surface area is 130 Å². The number of nitrogens with zero attached hydrogens (tertiary/aromatic N) is 1. The highest BCUT2D eigenvalue weighted by Gasteiger charge is 2.09. The number of para-hydroxylation sites is 1. The van der Waals surface area contributed by atoms with E-state index < -0.39 is 5.91 Å². The number of aromatic hydroxyl groups is 1. The van der Waals surface area contributed by atoms with Crippen LogP contribution >= 0.6 is 15.9 Å². The van der Waals surface area contributed by atoms with Gasteiger partial charge >= 0.3 is 5.91 Å². The number of furan rings is 1. The second-order valence-corrected chi connectivity index (χ2v) is 4.93. The van der Waals surface area contributed by atoms with Crippen molar-refractivity contribution in [2.45, 2.75) is 6.42 Å². The lowest BCUT2D eigenvalue weighted by molar-refractivity contribution is 0.0926. The van der Waals surface area contributed by atoms with Gasteiger partial charge < -0.3 is 9.52 Å². The highest BCUT2D eigenvalue weighted by molar-refractivity contribution is 9.10. The molecule has 5 nitrogen and oxygen atoms in total. The summed E-state index contributed by atoms with van der Waals surface area (Å²) in [6, 6.07) is 8.43. The number of rotatable bonds is 5. The molecule has 0 saturated heterocycles. The number of amides is 1. The Morgan fingerprint density at radius 2 is 2.24 bits per heavy atom. The molecule has 0 bridgehead atoms. The molecule has 0 radical (unpaired) electrons. The first-order chi connectivity index (χ1) is 10.1. The molecule has 1 aromatic heterocycles. The fourth-order valence-electron chi connectivity index (χ4n) is 1.69. The third-order valence-electron chi connectivity index (χ3n) is 2.68. The predicted octanol–water partition coefficient (Wildman–Crippen LogP) is 3.24. The Hall–Kier alpha value is -2.34. The fourth-order valence-corrected chi connectivity index (χ4v) is 1.99. The third-order valence-corrected chi connectivity index (χ3v) is 3.11. The summed E-state index contributed by atoms with van der Waals surface area (Å²) in [6.45, 7) is 3.63. The summed E-state index contributed by atoms with van der Waals surface area (Å²) in [5.41, 5.74) is 3.58. The maximum absolute atomic E-state index is 11.7. The monoisotopic (exact) mass is 348 g/mol. The van der Waals surface area contributed by atoms with E-state index >= 15 is 0 Å². The lowest BCUT2D eigenvalue weighted by Gasteiger charge is -2.04. The van der Waals surface area contributed by atoms with E-state index in [1.165, 1.54) is 12.3 Å². The van der Waals surface area contributed by atoms with Crippen LogP contribution in [0.25, 0.3) is 0 Å². The fraction of sp³-hybridized carbons (Fsp3) is 0.0667. The van der Waals surface area contributed by atoms with Gasteiger partial charge in [-0.25, -0.2) is 5.43 Å². The van der Waals surface area contributed by atoms with Crippen molar-refractivity contribution >= 4 is 28.1 Å². The quantitative estimate of drug-likeness (QED) is 0.494. The molecule has 21 heavy (non-hydrogen) atoms. The number of phenols is 1. The van der Waals surface area contributed by atoms with Crippen LogP contribution < -0.4 is 5.43 Å². The van der Waals surface area contributed by atoms with Crippen LogP contribution in [0.4, 0.5) is 0 Å². The van der Waals surface area contributed by atoms with Gasteiger partial charge in [0.25, 0.3) is 0 Å². The molecule has 2 N–H and O–H groups in total. The van der Waals surface area contributed by atoms with Gasteiger partial charge in [-0.3, -0.25) is 4.79 Å². The Balaban J connectivity index is 2.06. The van der Waals surface area contributed by atoms with E-state index in [-0.39, 0.29) is 11.5 Å². The smallest absolute Gasteiger partial charge is 0.307 e. The molecule has 0 aliphatic heterocycles. The van der Waals surface area contributed by atoms with Crippen molar-refractivity contribution < 1.29 is 14.3 Å². The number of hydrogen-bond acceptors (Lipinski definition) is 4. The molecular formula is C15H13BrN2O3. The van der Waals surface area contributed by atoms with Crippen molar-refractivity contribution in [2.24, 2.45) is 5.10 Å². The first-order valence-electron chi connectivity index (χ1n) is 6.12. The number of benzene rings is 1. The molecule has 108 valence electrons. The zero-order valence-corrected chi connectivity index (χ0v) is 12.6. The number of halogens is 1. The number of phenolic OH excluding ortho intramolecular Hbond substituents is 1. The Morgan fingerprint density at radius 3 is 2.90 bits per heavy atom. The van der Waals surface area contributed by atoms with Crippen LogP contribution in [0.5, 0.6) is 5.75 Å². The highest BCUT2D eigenvalue weighted by atomic mass is 79.9. The molecule has 0 atom stereocenters. The van der Waals surface area contributed by atoms with Crippen molar-refractivity contribution in [1.82, 2.24) is 5.43 Å². The number of nitrogens with one attached hydrogen (secondary N) is 1. The van der Waals surface area contributed by atoms with E-state index in [0.29, 0.717) is 16.7 Å². The second-order valence-electron chi connectivity index (χ2n) is 4.15. The molecule has 0 saturated carbocycles. The summed E-state index contributed by atoms with van der Waals surface area (Å²) >= 11 is 3.11.